The van der Waals surface area contributed by atoms with E-state index in [4.69, 9.17) is 9.15 Å². The van der Waals surface area contributed by atoms with Gasteiger partial charge in [-0.05, 0) is 42.0 Å². The summed E-state index contributed by atoms with van der Waals surface area (Å²) >= 11 is 1.53. The summed E-state index contributed by atoms with van der Waals surface area (Å²) in [6.45, 7) is 0.340. The van der Waals surface area contributed by atoms with Crippen molar-refractivity contribution in [1.82, 2.24) is 19.5 Å². The number of pyridine rings is 2. The van der Waals surface area contributed by atoms with Crippen molar-refractivity contribution in [2.45, 2.75) is 17.5 Å². The number of hydrogen-bond acceptors (Lipinski definition) is 7. The number of imidazole rings is 1. The number of carbonyl (C=O) groups is 1. The molecule has 152 valence electrons. The molecule has 4 rings (SSSR count). The molecule has 0 aromatic carbocycles. The quantitative estimate of drug-likeness (QED) is 0.431. The van der Waals surface area contributed by atoms with Crippen LogP contribution < -0.4 is 10.1 Å². The topological polar surface area (TPSA) is 95.1 Å². The van der Waals surface area contributed by atoms with E-state index < -0.39 is 5.91 Å². The Bertz CT molecular complexity index is 1130. The van der Waals surface area contributed by atoms with Crippen molar-refractivity contribution in [2.24, 2.45) is 7.05 Å². The lowest BCUT2D eigenvalue weighted by molar-refractivity contribution is 0.0994. The molecule has 0 atom stereocenters. The molecule has 4 aromatic rings. The molecule has 0 saturated heterocycles. The van der Waals surface area contributed by atoms with Crippen LogP contribution in [-0.2, 0) is 19.4 Å². The van der Waals surface area contributed by atoms with Crippen LogP contribution in [0.1, 0.15) is 21.9 Å². The van der Waals surface area contributed by atoms with Crippen LogP contribution in [0.5, 0.6) is 5.75 Å². The van der Waals surface area contributed by atoms with Crippen LogP contribution in [0, 0.1) is 0 Å². The molecule has 1 N–H and O–H groups in total. The Morgan fingerprint density at radius 1 is 1.13 bits per heavy atom. The average Bonchev–Trinajstić information content (AvgIpc) is 3.41. The fourth-order valence-electron chi connectivity index (χ4n) is 2.61. The van der Waals surface area contributed by atoms with Crippen LogP contribution in [0.3, 0.4) is 0 Å². The van der Waals surface area contributed by atoms with Gasteiger partial charge in [-0.25, -0.2) is 9.97 Å². The van der Waals surface area contributed by atoms with Gasteiger partial charge in [-0.2, -0.15) is 0 Å². The number of thioether (sulfide) groups is 1. The summed E-state index contributed by atoms with van der Waals surface area (Å²) in [5.74, 6) is 1.87. The summed E-state index contributed by atoms with van der Waals surface area (Å²) in [5, 5.41) is 3.63. The SMILES string of the molecule is Cn1ccnc1SCc1ccc(C(=O)Nc2ncccc2OCc2ccncc2)o1. The molecule has 0 unspecified atom stereocenters. The fourth-order valence-corrected chi connectivity index (χ4v) is 3.44. The first kappa shape index (κ1) is 19.7. The number of hydrogen-bond donors (Lipinski definition) is 1. The molecule has 0 spiro atoms. The van der Waals surface area contributed by atoms with Crippen molar-refractivity contribution in [1.29, 1.82) is 0 Å². The predicted octanol–water partition coefficient (Wildman–Crippen LogP) is 3.93. The van der Waals surface area contributed by atoms with Crippen LogP contribution in [0.25, 0.3) is 0 Å². The van der Waals surface area contributed by atoms with Gasteiger partial charge in [-0.1, -0.05) is 11.8 Å². The Hall–Kier alpha value is -3.59. The maximum absolute atomic E-state index is 12.6. The Kier molecular flexibility index (Phi) is 6.09. The van der Waals surface area contributed by atoms with Gasteiger partial charge >= 0.3 is 0 Å². The Labute approximate surface area is 177 Å². The van der Waals surface area contributed by atoms with Gasteiger partial charge in [0.2, 0.25) is 0 Å². The van der Waals surface area contributed by atoms with E-state index in [0.717, 1.165) is 10.7 Å². The standard InChI is InChI=1S/C21H19N5O3S/c1-26-12-11-24-21(26)30-14-16-4-5-18(29-16)20(27)25-19-17(3-2-8-23-19)28-13-15-6-9-22-10-7-15/h2-12H,13-14H2,1H3,(H,23,25,27). The number of furan rings is 1. The fraction of sp³-hybridized carbons (Fsp3) is 0.143. The molecule has 1 amide bonds. The zero-order valence-electron chi connectivity index (χ0n) is 16.2. The molecule has 0 aliphatic carbocycles. The van der Waals surface area contributed by atoms with Crippen LogP contribution in [0.4, 0.5) is 5.82 Å². The number of anilines is 1. The van der Waals surface area contributed by atoms with Crippen LogP contribution in [-0.4, -0.2) is 25.4 Å². The van der Waals surface area contributed by atoms with Crippen molar-refractivity contribution >= 4 is 23.5 Å². The molecule has 8 nitrogen and oxygen atoms in total. The molecule has 0 bridgehead atoms. The van der Waals surface area contributed by atoms with Crippen LogP contribution >= 0.6 is 11.8 Å². The van der Waals surface area contributed by atoms with E-state index in [1.807, 2.05) is 29.9 Å². The number of amides is 1. The van der Waals surface area contributed by atoms with Crippen LogP contribution in [0.15, 0.2) is 77.0 Å². The third-order valence-electron chi connectivity index (χ3n) is 4.15. The summed E-state index contributed by atoms with van der Waals surface area (Å²) in [4.78, 5) is 25.1. The number of nitrogens with one attached hydrogen (secondary N) is 1. The summed E-state index contributed by atoms with van der Waals surface area (Å²) in [7, 11) is 1.93. The number of carbonyl (C=O) groups excluding carboxylic acids is 1. The van der Waals surface area contributed by atoms with Gasteiger partial charge in [-0.15, -0.1) is 0 Å². The minimum atomic E-state index is -0.393. The minimum absolute atomic E-state index is 0.205. The van der Waals surface area contributed by atoms with Gasteiger partial charge in [-0.3, -0.25) is 9.78 Å². The van der Waals surface area contributed by atoms with Crippen molar-refractivity contribution < 1.29 is 13.9 Å². The third-order valence-corrected chi connectivity index (χ3v) is 5.23. The highest BCUT2D eigenvalue weighted by molar-refractivity contribution is 7.98. The Morgan fingerprint density at radius 3 is 2.80 bits per heavy atom. The molecule has 0 saturated carbocycles. The number of rotatable bonds is 8. The molecule has 4 heterocycles. The third kappa shape index (κ3) is 4.87. The molecular formula is C21H19N5O3S. The summed E-state index contributed by atoms with van der Waals surface area (Å²) in [6.07, 6.45) is 8.61. The second kappa shape index (κ2) is 9.27. The maximum Gasteiger partial charge on any atom is 0.292 e. The highest BCUT2D eigenvalue weighted by Crippen LogP contribution is 2.25. The zero-order chi connectivity index (χ0) is 20.8. The van der Waals surface area contributed by atoms with E-state index in [-0.39, 0.29) is 5.76 Å². The number of aryl methyl sites for hydroxylation is 1. The minimum Gasteiger partial charge on any atom is -0.485 e. The molecule has 4 aromatic heterocycles. The number of aromatic nitrogens is 4. The summed E-state index contributed by atoms with van der Waals surface area (Å²) in [6, 6.07) is 10.6. The highest BCUT2D eigenvalue weighted by Gasteiger charge is 2.15. The normalized spacial score (nSPS) is 10.7. The molecule has 0 aliphatic heterocycles. The summed E-state index contributed by atoms with van der Waals surface area (Å²) in [5.41, 5.74) is 0.965. The van der Waals surface area contributed by atoms with E-state index >= 15 is 0 Å². The van der Waals surface area contributed by atoms with Crippen LogP contribution in [0.2, 0.25) is 0 Å². The maximum atomic E-state index is 12.6. The van der Waals surface area contributed by atoms with E-state index in [1.54, 1.807) is 49.1 Å². The lowest BCUT2D eigenvalue weighted by atomic mass is 10.3. The van der Waals surface area contributed by atoms with Gasteiger partial charge in [0.1, 0.15) is 12.4 Å². The molecule has 0 aliphatic rings. The predicted molar refractivity (Wildman–Crippen MR) is 112 cm³/mol. The van der Waals surface area contributed by atoms with Crippen molar-refractivity contribution in [3.05, 3.63) is 84.5 Å². The van der Waals surface area contributed by atoms with Crippen molar-refractivity contribution in [3.8, 4) is 5.75 Å². The Morgan fingerprint density at radius 2 is 2.00 bits per heavy atom. The summed E-state index contributed by atoms with van der Waals surface area (Å²) < 4.78 is 13.4. The molecule has 30 heavy (non-hydrogen) atoms. The van der Waals surface area contributed by atoms with Crippen molar-refractivity contribution in [2.75, 3.05) is 5.32 Å². The monoisotopic (exact) mass is 421 g/mol. The van der Waals surface area contributed by atoms with E-state index in [1.165, 1.54) is 11.8 Å². The van der Waals surface area contributed by atoms with Gasteiger partial charge < -0.3 is 19.0 Å². The highest BCUT2D eigenvalue weighted by atomic mass is 32.2. The van der Waals surface area contributed by atoms with Gasteiger partial charge in [0.25, 0.3) is 5.91 Å². The van der Waals surface area contributed by atoms with Gasteiger partial charge in [0, 0.05) is 38.0 Å². The lowest BCUT2D eigenvalue weighted by Crippen LogP contribution is -2.13. The number of ether oxygens (including phenoxy) is 1. The first-order chi connectivity index (χ1) is 14.7. The molecule has 0 radical (unpaired) electrons. The van der Waals surface area contributed by atoms with Gasteiger partial charge in [0.15, 0.2) is 22.5 Å². The van der Waals surface area contributed by atoms with Gasteiger partial charge in [0.05, 0.1) is 5.75 Å². The largest absolute Gasteiger partial charge is 0.485 e. The molecular weight excluding hydrogens is 402 g/mol. The lowest BCUT2D eigenvalue weighted by Gasteiger charge is -2.10. The van der Waals surface area contributed by atoms with E-state index in [9.17, 15) is 4.79 Å². The molecule has 0 fully saturated rings. The average molecular weight is 421 g/mol. The smallest absolute Gasteiger partial charge is 0.292 e. The van der Waals surface area contributed by atoms with E-state index in [2.05, 4.69) is 20.3 Å². The first-order valence-electron chi connectivity index (χ1n) is 9.16. The Balaban J connectivity index is 1.38. The van der Waals surface area contributed by atoms with E-state index in [0.29, 0.717) is 29.7 Å². The first-order valence-corrected chi connectivity index (χ1v) is 10.1. The second-order valence-corrected chi connectivity index (χ2v) is 7.27. The van der Waals surface area contributed by atoms with Crippen molar-refractivity contribution in [3.63, 3.8) is 0 Å². The molecule has 9 heteroatoms. The second-order valence-electron chi connectivity index (χ2n) is 6.32. The number of nitrogens with zero attached hydrogens (tertiary/aromatic N) is 4. The zero-order valence-corrected chi connectivity index (χ0v) is 17.0.